The van der Waals surface area contributed by atoms with Gasteiger partial charge in [0, 0.05) is 17.0 Å². The molecule has 0 bridgehead atoms. The van der Waals surface area contributed by atoms with Crippen LogP contribution in [-0.4, -0.2) is 32.1 Å². The van der Waals surface area contributed by atoms with Crippen molar-refractivity contribution in [2.75, 3.05) is 20.3 Å². The quantitative estimate of drug-likeness (QED) is 0.681. The largest absolute Gasteiger partial charge is 0.493 e. The number of carbonyl (C=O) groups is 2. The topological polar surface area (TPSA) is 90.7 Å². The van der Waals surface area contributed by atoms with E-state index in [1.54, 1.807) is 11.3 Å². The molecule has 0 saturated heterocycles. The fraction of sp³-hybridized carbons (Fsp3) is 0.333. The SMILES string of the molecule is COc1cc(C(=O)NCC(C)Cc2cccs2)cc(Cl)c1OCC(N)=O. The summed E-state index contributed by atoms with van der Waals surface area (Å²) in [6, 6.07) is 7.08. The molecule has 2 amide bonds. The molecule has 8 heteroatoms. The first-order valence-corrected chi connectivity index (χ1v) is 9.25. The van der Waals surface area contributed by atoms with E-state index in [1.807, 2.05) is 11.4 Å². The molecule has 0 spiro atoms. The van der Waals surface area contributed by atoms with E-state index in [9.17, 15) is 9.59 Å². The lowest BCUT2D eigenvalue weighted by Gasteiger charge is -2.15. The molecule has 0 radical (unpaired) electrons. The van der Waals surface area contributed by atoms with Gasteiger partial charge in [-0.15, -0.1) is 11.3 Å². The Balaban J connectivity index is 2.01. The van der Waals surface area contributed by atoms with E-state index in [-0.39, 0.29) is 29.0 Å². The highest BCUT2D eigenvalue weighted by Crippen LogP contribution is 2.36. The second-order valence-corrected chi connectivity index (χ2v) is 7.28. The Morgan fingerprint density at radius 3 is 2.77 bits per heavy atom. The first kappa shape index (κ1) is 20.1. The lowest BCUT2D eigenvalue weighted by Crippen LogP contribution is -2.29. The third-order valence-electron chi connectivity index (χ3n) is 3.59. The smallest absolute Gasteiger partial charge is 0.255 e. The summed E-state index contributed by atoms with van der Waals surface area (Å²) in [7, 11) is 1.42. The van der Waals surface area contributed by atoms with Gasteiger partial charge >= 0.3 is 0 Å². The zero-order chi connectivity index (χ0) is 19.1. The van der Waals surface area contributed by atoms with Gasteiger partial charge in [0.1, 0.15) is 0 Å². The van der Waals surface area contributed by atoms with Crippen molar-refractivity contribution < 1.29 is 19.1 Å². The molecular formula is C18H21ClN2O4S. The summed E-state index contributed by atoms with van der Waals surface area (Å²) in [6.45, 7) is 2.28. The second-order valence-electron chi connectivity index (χ2n) is 5.84. The third kappa shape index (κ3) is 5.64. The van der Waals surface area contributed by atoms with Gasteiger partial charge in [0.2, 0.25) is 0 Å². The van der Waals surface area contributed by atoms with Crippen molar-refractivity contribution in [1.82, 2.24) is 5.32 Å². The molecule has 0 aliphatic carbocycles. The van der Waals surface area contributed by atoms with Gasteiger partial charge in [-0.2, -0.15) is 0 Å². The molecule has 2 rings (SSSR count). The molecule has 0 saturated carbocycles. The Morgan fingerprint density at radius 1 is 1.38 bits per heavy atom. The minimum absolute atomic E-state index is 0.169. The number of nitrogens with one attached hydrogen (secondary N) is 1. The Morgan fingerprint density at radius 2 is 2.15 bits per heavy atom. The molecule has 1 aromatic carbocycles. The Bertz CT molecular complexity index is 765. The number of rotatable bonds is 9. The Labute approximate surface area is 161 Å². The predicted octanol–water partition coefficient (Wildman–Crippen LogP) is 2.88. The fourth-order valence-corrected chi connectivity index (χ4v) is 3.48. The minimum Gasteiger partial charge on any atom is -0.493 e. The van der Waals surface area contributed by atoms with Gasteiger partial charge in [-0.1, -0.05) is 24.6 Å². The van der Waals surface area contributed by atoms with Crippen LogP contribution >= 0.6 is 22.9 Å². The maximum Gasteiger partial charge on any atom is 0.255 e. The van der Waals surface area contributed by atoms with Gasteiger partial charge in [0.05, 0.1) is 12.1 Å². The molecule has 0 aliphatic heterocycles. The molecule has 6 nitrogen and oxygen atoms in total. The van der Waals surface area contributed by atoms with Crippen LogP contribution in [0.15, 0.2) is 29.6 Å². The van der Waals surface area contributed by atoms with Crippen LogP contribution in [0.25, 0.3) is 0 Å². The van der Waals surface area contributed by atoms with Crippen molar-refractivity contribution in [1.29, 1.82) is 0 Å². The van der Waals surface area contributed by atoms with Crippen molar-refractivity contribution in [3.8, 4) is 11.5 Å². The molecule has 0 aliphatic rings. The monoisotopic (exact) mass is 396 g/mol. The van der Waals surface area contributed by atoms with Crippen LogP contribution in [0.2, 0.25) is 5.02 Å². The van der Waals surface area contributed by atoms with Crippen LogP contribution in [0.4, 0.5) is 0 Å². The molecule has 1 unspecified atom stereocenters. The van der Waals surface area contributed by atoms with Gasteiger partial charge in [-0.05, 0) is 35.9 Å². The number of methoxy groups -OCH3 is 1. The van der Waals surface area contributed by atoms with Crippen LogP contribution < -0.4 is 20.5 Å². The lowest BCUT2D eigenvalue weighted by molar-refractivity contribution is -0.119. The number of hydrogen-bond acceptors (Lipinski definition) is 5. The maximum atomic E-state index is 12.4. The summed E-state index contributed by atoms with van der Waals surface area (Å²) in [5, 5.41) is 5.10. The highest BCUT2D eigenvalue weighted by atomic mass is 35.5. The van der Waals surface area contributed by atoms with Crippen LogP contribution in [0.5, 0.6) is 11.5 Å². The van der Waals surface area contributed by atoms with Gasteiger partial charge < -0.3 is 20.5 Å². The maximum absolute atomic E-state index is 12.4. The summed E-state index contributed by atoms with van der Waals surface area (Å²) in [6.07, 6.45) is 0.905. The standard InChI is InChI=1S/C18H21ClN2O4S/c1-11(6-13-4-3-5-26-13)9-21-18(23)12-7-14(19)17(15(8-12)24-2)25-10-16(20)22/h3-5,7-8,11H,6,9-10H2,1-2H3,(H2,20,22)(H,21,23). The van der Waals surface area contributed by atoms with Crippen molar-refractivity contribution in [2.45, 2.75) is 13.3 Å². The number of carbonyl (C=O) groups excluding carboxylic acids is 2. The highest BCUT2D eigenvalue weighted by molar-refractivity contribution is 7.09. The molecule has 3 N–H and O–H groups in total. The molecular weight excluding hydrogens is 376 g/mol. The predicted molar refractivity (Wildman–Crippen MR) is 102 cm³/mol. The second kappa shape index (κ2) is 9.45. The molecule has 1 heterocycles. The zero-order valence-corrected chi connectivity index (χ0v) is 16.2. The number of ether oxygens (including phenoxy) is 2. The first-order chi connectivity index (χ1) is 12.4. The average molecular weight is 397 g/mol. The zero-order valence-electron chi connectivity index (χ0n) is 14.6. The molecule has 2 aromatic rings. The van der Waals surface area contributed by atoms with E-state index >= 15 is 0 Å². The summed E-state index contributed by atoms with van der Waals surface area (Å²) in [5.41, 5.74) is 5.41. The summed E-state index contributed by atoms with van der Waals surface area (Å²) < 4.78 is 10.5. The van der Waals surface area contributed by atoms with Crippen LogP contribution in [-0.2, 0) is 11.2 Å². The van der Waals surface area contributed by atoms with Crippen molar-refractivity contribution in [3.05, 3.63) is 45.1 Å². The Kier molecular flexibility index (Phi) is 7.29. The third-order valence-corrected chi connectivity index (χ3v) is 4.77. The lowest BCUT2D eigenvalue weighted by atomic mass is 10.1. The molecule has 26 heavy (non-hydrogen) atoms. The summed E-state index contributed by atoms with van der Waals surface area (Å²) in [5.74, 6) is -0.159. The molecule has 1 atom stereocenters. The van der Waals surface area contributed by atoms with Crippen molar-refractivity contribution in [2.24, 2.45) is 11.7 Å². The van der Waals surface area contributed by atoms with E-state index in [1.165, 1.54) is 24.1 Å². The molecule has 0 fully saturated rings. The summed E-state index contributed by atoms with van der Waals surface area (Å²) >= 11 is 7.87. The van der Waals surface area contributed by atoms with E-state index < -0.39 is 5.91 Å². The number of hydrogen-bond donors (Lipinski definition) is 2. The van der Waals surface area contributed by atoms with E-state index in [0.717, 1.165) is 6.42 Å². The molecule has 140 valence electrons. The first-order valence-electron chi connectivity index (χ1n) is 8.00. The number of halogens is 1. The Hall–Kier alpha value is -2.25. The molecule has 1 aromatic heterocycles. The number of primary amides is 1. The average Bonchev–Trinajstić information content (AvgIpc) is 3.10. The normalized spacial score (nSPS) is 11.7. The van der Waals surface area contributed by atoms with Gasteiger partial charge in [-0.25, -0.2) is 0 Å². The number of nitrogens with two attached hydrogens (primary N) is 1. The van der Waals surface area contributed by atoms with Crippen molar-refractivity contribution in [3.63, 3.8) is 0 Å². The van der Waals surface area contributed by atoms with Crippen molar-refractivity contribution >= 4 is 34.8 Å². The van der Waals surface area contributed by atoms with Crippen LogP contribution in [0.1, 0.15) is 22.2 Å². The van der Waals surface area contributed by atoms with Gasteiger partial charge in [0.15, 0.2) is 18.1 Å². The number of benzene rings is 1. The number of amides is 2. The van der Waals surface area contributed by atoms with E-state index in [4.69, 9.17) is 26.8 Å². The van der Waals surface area contributed by atoms with Gasteiger partial charge in [0.25, 0.3) is 11.8 Å². The van der Waals surface area contributed by atoms with Crippen LogP contribution in [0, 0.1) is 5.92 Å². The van der Waals surface area contributed by atoms with E-state index in [2.05, 4.69) is 18.3 Å². The highest BCUT2D eigenvalue weighted by Gasteiger charge is 2.17. The fourth-order valence-electron chi connectivity index (χ4n) is 2.35. The summed E-state index contributed by atoms with van der Waals surface area (Å²) in [4.78, 5) is 24.6. The minimum atomic E-state index is -0.635. The van der Waals surface area contributed by atoms with Gasteiger partial charge in [-0.3, -0.25) is 9.59 Å². The van der Waals surface area contributed by atoms with Crippen LogP contribution in [0.3, 0.4) is 0 Å². The van der Waals surface area contributed by atoms with E-state index in [0.29, 0.717) is 18.0 Å². The number of thiophene rings is 1.